The molecule has 1 aromatic carbocycles. The first-order valence-electron chi connectivity index (χ1n) is 9.79. The van der Waals surface area contributed by atoms with E-state index in [9.17, 15) is 19.8 Å². The normalized spacial score (nSPS) is 26.3. The van der Waals surface area contributed by atoms with Crippen molar-refractivity contribution < 1.29 is 19.8 Å². The van der Waals surface area contributed by atoms with Crippen LogP contribution in [0.4, 0.5) is 0 Å². The molecule has 148 valence electrons. The van der Waals surface area contributed by atoms with Gasteiger partial charge in [0, 0.05) is 17.4 Å². The molecule has 1 aliphatic carbocycles. The van der Waals surface area contributed by atoms with Crippen LogP contribution in [0.1, 0.15) is 74.9 Å². The molecule has 4 nitrogen and oxygen atoms in total. The largest absolute Gasteiger partial charge is 0.508 e. The Balaban J connectivity index is 2.07. The summed E-state index contributed by atoms with van der Waals surface area (Å²) in [6, 6.07) is 1.51. The molecule has 2 rings (SSSR count). The third-order valence-electron chi connectivity index (χ3n) is 6.60. The molecule has 0 amide bonds. The summed E-state index contributed by atoms with van der Waals surface area (Å²) in [6.45, 7) is 10.0. The number of aromatic hydroxyl groups is 2. The second-order valence-corrected chi connectivity index (χ2v) is 8.54. The van der Waals surface area contributed by atoms with Crippen molar-refractivity contribution in [1.82, 2.24) is 0 Å². The number of carbonyl (C=O) groups excluding carboxylic acids is 2. The first-order chi connectivity index (χ1) is 12.6. The minimum Gasteiger partial charge on any atom is -0.508 e. The Morgan fingerprint density at radius 3 is 2.63 bits per heavy atom. The summed E-state index contributed by atoms with van der Waals surface area (Å²) in [4.78, 5) is 23.5. The average Bonchev–Trinajstić information content (AvgIpc) is 2.62. The third kappa shape index (κ3) is 4.42. The van der Waals surface area contributed by atoms with Crippen molar-refractivity contribution in [3.63, 3.8) is 0 Å². The van der Waals surface area contributed by atoms with E-state index in [2.05, 4.69) is 13.8 Å². The highest BCUT2D eigenvalue weighted by Crippen LogP contribution is 2.45. The van der Waals surface area contributed by atoms with Crippen molar-refractivity contribution in [2.24, 2.45) is 17.3 Å². The molecule has 1 aliphatic rings. The molecule has 2 N–H and O–H groups in total. The number of aryl methyl sites for hydroxylation is 1. The summed E-state index contributed by atoms with van der Waals surface area (Å²) in [5, 5.41) is 20.4. The molecule has 0 bridgehead atoms. The molecule has 3 atom stereocenters. The van der Waals surface area contributed by atoms with Gasteiger partial charge < -0.3 is 10.2 Å². The van der Waals surface area contributed by atoms with E-state index >= 15 is 0 Å². The van der Waals surface area contributed by atoms with Gasteiger partial charge in [0.05, 0.1) is 5.56 Å². The van der Waals surface area contributed by atoms with E-state index in [1.54, 1.807) is 6.92 Å². The highest BCUT2D eigenvalue weighted by molar-refractivity contribution is 5.84. The zero-order valence-corrected chi connectivity index (χ0v) is 17.1. The number of ketones is 1. The molecule has 3 unspecified atom stereocenters. The van der Waals surface area contributed by atoms with Gasteiger partial charge in [0.1, 0.15) is 17.3 Å². The van der Waals surface area contributed by atoms with Gasteiger partial charge in [-0.1, -0.05) is 32.4 Å². The van der Waals surface area contributed by atoms with Crippen molar-refractivity contribution in [2.75, 3.05) is 0 Å². The molecular weight excluding hydrogens is 340 g/mol. The Hall–Kier alpha value is -2.10. The van der Waals surface area contributed by atoms with Crippen molar-refractivity contribution >= 4 is 12.1 Å². The predicted molar refractivity (Wildman–Crippen MR) is 107 cm³/mol. The lowest BCUT2D eigenvalue weighted by molar-refractivity contribution is -0.133. The van der Waals surface area contributed by atoms with E-state index in [1.165, 1.54) is 6.07 Å². The Morgan fingerprint density at radius 1 is 1.33 bits per heavy atom. The molecular formula is C23H32O4. The fourth-order valence-corrected chi connectivity index (χ4v) is 4.07. The van der Waals surface area contributed by atoms with Crippen molar-refractivity contribution in [1.29, 1.82) is 0 Å². The Kier molecular flexibility index (Phi) is 6.50. The number of phenols is 2. The predicted octanol–water partition coefficient (Wildman–Crippen LogP) is 5.13. The van der Waals surface area contributed by atoms with E-state index < -0.39 is 0 Å². The van der Waals surface area contributed by atoms with E-state index in [-0.39, 0.29) is 34.3 Å². The third-order valence-corrected chi connectivity index (χ3v) is 6.60. The van der Waals surface area contributed by atoms with Crippen molar-refractivity contribution in [3.8, 4) is 11.5 Å². The number of allylic oxidation sites excluding steroid dienone is 2. The van der Waals surface area contributed by atoms with Crippen molar-refractivity contribution in [3.05, 3.63) is 34.4 Å². The molecule has 1 fully saturated rings. The number of hydrogen-bond donors (Lipinski definition) is 2. The number of carbonyl (C=O) groups is 2. The second-order valence-electron chi connectivity index (χ2n) is 8.54. The molecule has 1 aromatic rings. The van der Waals surface area contributed by atoms with Gasteiger partial charge in [-0.25, -0.2) is 0 Å². The minimum absolute atomic E-state index is 0.00657. The number of aldehydes is 1. The lowest BCUT2D eigenvalue weighted by Crippen LogP contribution is -2.39. The topological polar surface area (TPSA) is 74.6 Å². The van der Waals surface area contributed by atoms with Gasteiger partial charge in [0.25, 0.3) is 0 Å². The Morgan fingerprint density at radius 2 is 2.00 bits per heavy atom. The summed E-state index contributed by atoms with van der Waals surface area (Å²) in [6.07, 6.45) is 6.82. The maximum absolute atomic E-state index is 12.4. The number of benzene rings is 1. The van der Waals surface area contributed by atoms with E-state index in [4.69, 9.17) is 0 Å². The lowest BCUT2D eigenvalue weighted by atomic mass is 9.62. The smallest absolute Gasteiger partial charge is 0.154 e. The fraction of sp³-hybridized carbons (Fsp3) is 0.565. The highest BCUT2D eigenvalue weighted by atomic mass is 16.3. The van der Waals surface area contributed by atoms with Gasteiger partial charge in [0.15, 0.2) is 6.29 Å². The molecule has 0 spiro atoms. The molecule has 4 heteroatoms. The fourth-order valence-electron chi connectivity index (χ4n) is 4.07. The molecule has 0 heterocycles. The summed E-state index contributed by atoms with van der Waals surface area (Å²) < 4.78 is 0. The minimum atomic E-state index is -0.140. The molecule has 0 saturated heterocycles. The van der Waals surface area contributed by atoms with Gasteiger partial charge in [-0.15, -0.1) is 0 Å². The summed E-state index contributed by atoms with van der Waals surface area (Å²) in [5.74, 6) is 0.492. The number of Topliss-reactive ketones (excluding diaryl/α,β-unsaturated/α-hetero) is 1. The first kappa shape index (κ1) is 21.2. The zero-order chi connectivity index (χ0) is 20.4. The average molecular weight is 373 g/mol. The molecule has 0 radical (unpaired) electrons. The summed E-state index contributed by atoms with van der Waals surface area (Å²) in [5.41, 5.74) is 2.34. The Labute approximate surface area is 162 Å². The molecule has 0 aliphatic heterocycles. The van der Waals surface area contributed by atoms with Crippen LogP contribution in [-0.4, -0.2) is 22.3 Å². The van der Waals surface area contributed by atoms with Gasteiger partial charge >= 0.3 is 0 Å². The monoisotopic (exact) mass is 372 g/mol. The molecule has 27 heavy (non-hydrogen) atoms. The maximum Gasteiger partial charge on any atom is 0.154 e. The van der Waals surface area contributed by atoms with Crippen LogP contribution in [0.5, 0.6) is 11.5 Å². The SMILES string of the molecule is CC(=CCc1c(O)cc(C)c(C=O)c1O)CCC1(C)CCC(C)C(=O)C1C. The van der Waals surface area contributed by atoms with Crippen LogP contribution in [0.2, 0.25) is 0 Å². The highest BCUT2D eigenvalue weighted by Gasteiger charge is 2.41. The summed E-state index contributed by atoms with van der Waals surface area (Å²) >= 11 is 0. The molecule has 1 saturated carbocycles. The van der Waals surface area contributed by atoms with E-state index in [0.717, 1.165) is 31.3 Å². The van der Waals surface area contributed by atoms with E-state index in [1.807, 2.05) is 19.9 Å². The second kappa shape index (κ2) is 8.28. The van der Waals surface area contributed by atoms with Gasteiger partial charge in [-0.3, -0.25) is 9.59 Å². The van der Waals surface area contributed by atoms with Crippen LogP contribution in [0.15, 0.2) is 17.7 Å². The number of rotatable bonds is 6. The van der Waals surface area contributed by atoms with Crippen molar-refractivity contribution in [2.45, 2.75) is 66.7 Å². The van der Waals surface area contributed by atoms with Crippen LogP contribution in [0.25, 0.3) is 0 Å². The number of phenolic OH excluding ortho intramolecular Hbond substituents is 2. The van der Waals surface area contributed by atoms with Gasteiger partial charge in [-0.2, -0.15) is 0 Å². The van der Waals surface area contributed by atoms with Crippen LogP contribution in [0.3, 0.4) is 0 Å². The Bertz CT molecular complexity index is 762. The van der Waals surface area contributed by atoms with Crippen LogP contribution >= 0.6 is 0 Å². The number of hydrogen-bond acceptors (Lipinski definition) is 4. The molecule has 0 aromatic heterocycles. The van der Waals surface area contributed by atoms with Gasteiger partial charge in [-0.05, 0) is 63.0 Å². The van der Waals surface area contributed by atoms with Crippen LogP contribution in [-0.2, 0) is 11.2 Å². The van der Waals surface area contributed by atoms with E-state index in [0.29, 0.717) is 29.6 Å². The first-order valence-corrected chi connectivity index (χ1v) is 9.79. The van der Waals surface area contributed by atoms with Gasteiger partial charge in [0.2, 0.25) is 0 Å². The maximum atomic E-state index is 12.4. The standard InChI is InChI=1S/C23H32O4/c1-14(8-10-23(5)11-9-15(2)21(26)17(23)4)6-7-18-20(25)12-16(3)19(13-24)22(18)27/h6,12-13,15,17,25,27H,7-11H2,1-5H3. The quantitative estimate of drug-likeness (QED) is 0.536. The summed E-state index contributed by atoms with van der Waals surface area (Å²) in [7, 11) is 0. The zero-order valence-electron chi connectivity index (χ0n) is 17.1. The van der Waals surface area contributed by atoms with Crippen LogP contribution < -0.4 is 0 Å². The lowest BCUT2D eigenvalue weighted by Gasteiger charge is -2.41. The van der Waals surface area contributed by atoms with Crippen LogP contribution in [0, 0.1) is 24.2 Å².